The quantitative estimate of drug-likeness (QED) is 0.609. The summed E-state index contributed by atoms with van der Waals surface area (Å²) in [6.07, 6.45) is 2.33. The van der Waals surface area contributed by atoms with Gasteiger partial charge in [0.05, 0.1) is 0 Å². The zero-order chi connectivity index (χ0) is 19.3. The Hall–Kier alpha value is -2.26. The number of rotatable bonds is 8. The molecule has 0 amide bonds. The van der Waals surface area contributed by atoms with Gasteiger partial charge in [-0.15, -0.1) is 0 Å². The van der Waals surface area contributed by atoms with Crippen LogP contribution in [0.3, 0.4) is 0 Å². The lowest BCUT2D eigenvalue weighted by molar-refractivity contribution is 0.221. The van der Waals surface area contributed by atoms with Gasteiger partial charge in [-0.05, 0) is 69.1 Å². The Morgan fingerprint density at radius 2 is 1.81 bits per heavy atom. The highest BCUT2D eigenvalue weighted by Gasteiger charge is 2.14. The van der Waals surface area contributed by atoms with Crippen molar-refractivity contribution in [3.05, 3.63) is 65.2 Å². The summed E-state index contributed by atoms with van der Waals surface area (Å²) in [7, 11) is 2.21. The van der Waals surface area contributed by atoms with Crippen molar-refractivity contribution in [2.45, 2.75) is 53.1 Å². The second kappa shape index (κ2) is 8.91. The van der Waals surface area contributed by atoms with Crippen LogP contribution >= 0.6 is 0 Å². The molecule has 0 bridgehead atoms. The number of hydrogen-bond donors (Lipinski definition) is 2. The first-order chi connectivity index (χ1) is 12.3. The molecule has 0 atom stereocenters. The highest BCUT2D eigenvalue weighted by molar-refractivity contribution is 5.79. The summed E-state index contributed by atoms with van der Waals surface area (Å²) in [5, 5.41) is 3.48. The summed E-state index contributed by atoms with van der Waals surface area (Å²) in [4.78, 5) is 2.44. The number of nitrogens with zero attached hydrogens (tertiary/aromatic N) is 1. The summed E-state index contributed by atoms with van der Waals surface area (Å²) in [6, 6.07) is 13.1. The van der Waals surface area contributed by atoms with Gasteiger partial charge in [-0.3, -0.25) is 4.90 Å². The maximum Gasteiger partial charge on any atom is 0.0415 e. The third-order valence-electron chi connectivity index (χ3n) is 5.11. The van der Waals surface area contributed by atoms with Crippen molar-refractivity contribution in [2.24, 2.45) is 0 Å². The molecule has 3 N–H and O–H groups in total. The number of nitrogens with one attached hydrogen (secondary N) is 1. The average Bonchev–Trinajstić information content (AvgIpc) is 2.60. The normalized spacial score (nSPS) is 11.2. The van der Waals surface area contributed by atoms with E-state index in [-0.39, 0.29) is 0 Å². The summed E-state index contributed by atoms with van der Waals surface area (Å²) in [6.45, 7) is 13.9. The predicted octanol–water partition coefficient (Wildman–Crippen LogP) is 5.59. The van der Waals surface area contributed by atoms with Crippen molar-refractivity contribution in [3.63, 3.8) is 0 Å². The maximum atomic E-state index is 5.87. The second-order valence-electron chi connectivity index (χ2n) is 7.22. The van der Waals surface area contributed by atoms with E-state index in [1.54, 1.807) is 0 Å². The van der Waals surface area contributed by atoms with Crippen molar-refractivity contribution in [2.75, 3.05) is 18.1 Å². The van der Waals surface area contributed by atoms with E-state index < -0.39 is 0 Å². The molecule has 0 heterocycles. The Balaban J connectivity index is 2.27. The van der Waals surface area contributed by atoms with E-state index in [4.69, 9.17) is 5.73 Å². The predicted molar refractivity (Wildman–Crippen MR) is 115 cm³/mol. The van der Waals surface area contributed by atoms with E-state index in [0.29, 0.717) is 6.04 Å². The standard InChI is InChI=1S/C23H33N3/c1-7-21(8-2)26(6)15-19-10-9-16(3)13-22(19)18(5)25-23-12-11-20(24)14-17(23)4/h9-14,21,25H,5,7-8,15,24H2,1-4,6H3. The van der Waals surface area contributed by atoms with Crippen LogP contribution in [0.1, 0.15) is 48.9 Å². The van der Waals surface area contributed by atoms with Crippen LogP contribution in [0.25, 0.3) is 5.70 Å². The molecule has 0 aliphatic carbocycles. The lowest BCUT2D eigenvalue weighted by atomic mass is 10.00. The number of anilines is 2. The van der Waals surface area contributed by atoms with Crippen LogP contribution in [0.4, 0.5) is 11.4 Å². The number of nitrogen functional groups attached to an aromatic ring is 1. The second-order valence-corrected chi connectivity index (χ2v) is 7.22. The minimum absolute atomic E-state index is 0.602. The fourth-order valence-electron chi connectivity index (χ4n) is 3.48. The molecule has 0 radical (unpaired) electrons. The van der Waals surface area contributed by atoms with E-state index in [1.807, 2.05) is 18.2 Å². The third kappa shape index (κ3) is 4.89. The number of hydrogen-bond acceptors (Lipinski definition) is 3. The van der Waals surface area contributed by atoms with Gasteiger partial charge in [-0.1, -0.05) is 38.1 Å². The van der Waals surface area contributed by atoms with Crippen molar-refractivity contribution < 1.29 is 0 Å². The Bertz CT molecular complexity index is 760. The minimum Gasteiger partial charge on any atom is -0.399 e. The van der Waals surface area contributed by atoms with Crippen molar-refractivity contribution in [1.29, 1.82) is 0 Å². The first kappa shape index (κ1) is 20.1. The van der Waals surface area contributed by atoms with E-state index in [9.17, 15) is 0 Å². The van der Waals surface area contributed by atoms with Crippen LogP contribution in [0, 0.1) is 13.8 Å². The molecule has 0 aromatic heterocycles. The largest absolute Gasteiger partial charge is 0.399 e. The van der Waals surface area contributed by atoms with Crippen LogP contribution in [0.5, 0.6) is 0 Å². The number of nitrogens with two attached hydrogens (primary N) is 1. The Kier molecular flexibility index (Phi) is 6.87. The van der Waals surface area contributed by atoms with Gasteiger partial charge in [0.25, 0.3) is 0 Å². The molecule has 0 aliphatic rings. The van der Waals surface area contributed by atoms with Gasteiger partial charge >= 0.3 is 0 Å². The number of benzene rings is 2. The Morgan fingerprint density at radius 1 is 1.12 bits per heavy atom. The average molecular weight is 352 g/mol. The zero-order valence-electron chi connectivity index (χ0n) is 16.9. The van der Waals surface area contributed by atoms with E-state index in [2.05, 4.69) is 69.7 Å². The zero-order valence-corrected chi connectivity index (χ0v) is 16.9. The van der Waals surface area contributed by atoms with Gasteiger partial charge < -0.3 is 11.1 Å². The topological polar surface area (TPSA) is 41.3 Å². The fraction of sp³-hybridized carbons (Fsp3) is 0.391. The molecule has 2 rings (SSSR count). The summed E-state index contributed by atoms with van der Waals surface area (Å²) in [5.74, 6) is 0. The molecule has 3 heteroatoms. The molecule has 0 unspecified atom stereocenters. The molecule has 0 fully saturated rings. The molecule has 2 aromatic carbocycles. The monoisotopic (exact) mass is 351 g/mol. The SMILES string of the molecule is C=C(Nc1ccc(N)cc1C)c1cc(C)ccc1CN(C)C(CC)CC. The molecule has 140 valence electrons. The van der Waals surface area contributed by atoms with Crippen LogP contribution in [-0.2, 0) is 6.54 Å². The summed E-state index contributed by atoms with van der Waals surface area (Å²) < 4.78 is 0. The van der Waals surface area contributed by atoms with E-state index in [0.717, 1.165) is 42.0 Å². The summed E-state index contributed by atoms with van der Waals surface area (Å²) in [5.41, 5.74) is 13.5. The molecule has 0 saturated heterocycles. The van der Waals surface area contributed by atoms with Crippen LogP contribution < -0.4 is 11.1 Å². The molecule has 0 spiro atoms. The Morgan fingerprint density at radius 3 is 2.42 bits per heavy atom. The van der Waals surface area contributed by atoms with Gasteiger partial charge in [-0.25, -0.2) is 0 Å². The lowest BCUT2D eigenvalue weighted by Crippen LogP contribution is -2.30. The Labute approximate surface area is 158 Å². The van der Waals surface area contributed by atoms with Gasteiger partial charge in [0.15, 0.2) is 0 Å². The van der Waals surface area contributed by atoms with Gasteiger partial charge in [-0.2, -0.15) is 0 Å². The molecule has 26 heavy (non-hydrogen) atoms. The first-order valence-corrected chi connectivity index (χ1v) is 9.47. The van der Waals surface area contributed by atoms with Crippen molar-refractivity contribution in [1.82, 2.24) is 4.90 Å². The molecule has 0 saturated carbocycles. The van der Waals surface area contributed by atoms with Crippen molar-refractivity contribution >= 4 is 17.1 Å². The van der Waals surface area contributed by atoms with Crippen LogP contribution in [0.15, 0.2) is 43.0 Å². The smallest absolute Gasteiger partial charge is 0.0415 e. The number of aryl methyl sites for hydroxylation is 2. The summed E-state index contributed by atoms with van der Waals surface area (Å²) >= 11 is 0. The first-order valence-electron chi connectivity index (χ1n) is 9.47. The van der Waals surface area contributed by atoms with E-state index in [1.165, 1.54) is 16.7 Å². The maximum absolute atomic E-state index is 5.87. The van der Waals surface area contributed by atoms with Crippen LogP contribution in [-0.4, -0.2) is 18.0 Å². The molecule has 0 aliphatic heterocycles. The highest BCUT2D eigenvalue weighted by atomic mass is 15.1. The van der Waals surface area contributed by atoms with Crippen LogP contribution in [0.2, 0.25) is 0 Å². The molecule has 2 aromatic rings. The molecular formula is C23H33N3. The minimum atomic E-state index is 0.602. The van der Waals surface area contributed by atoms with E-state index >= 15 is 0 Å². The fourth-order valence-corrected chi connectivity index (χ4v) is 3.48. The van der Waals surface area contributed by atoms with Gasteiger partial charge in [0.2, 0.25) is 0 Å². The highest BCUT2D eigenvalue weighted by Crippen LogP contribution is 2.26. The van der Waals surface area contributed by atoms with Crippen molar-refractivity contribution in [3.8, 4) is 0 Å². The van der Waals surface area contributed by atoms with Gasteiger partial charge in [0.1, 0.15) is 0 Å². The molecular weight excluding hydrogens is 318 g/mol. The lowest BCUT2D eigenvalue weighted by Gasteiger charge is -2.27. The molecule has 3 nitrogen and oxygen atoms in total. The van der Waals surface area contributed by atoms with Gasteiger partial charge in [0, 0.05) is 35.2 Å². The third-order valence-corrected chi connectivity index (χ3v) is 5.11.